The second-order valence-electron chi connectivity index (χ2n) is 8.62. The van der Waals surface area contributed by atoms with Gasteiger partial charge in [-0.1, -0.05) is 81.4 Å². The molecule has 10 heteroatoms. The van der Waals surface area contributed by atoms with Crippen LogP contribution in [-0.4, -0.2) is 61.7 Å². The number of aliphatic hydroxyl groups excluding tert-OH is 1. The first kappa shape index (κ1) is 26.0. The summed E-state index contributed by atoms with van der Waals surface area (Å²) < 4.78 is 6.60. The number of rotatable bonds is 10. The SMILES string of the molecule is CC(C)(C)[Si](OC[C@H](NC(=O)O)C(=O)N[C@@H](CO)C(N)=O)(c1ccccc1)c1ccccc1. The molecule has 0 fully saturated rings. The van der Waals surface area contributed by atoms with Gasteiger partial charge in [0, 0.05) is 0 Å². The van der Waals surface area contributed by atoms with E-state index >= 15 is 0 Å². The van der Waals surface area contributed by atoms with Crippen LogP contribution in [0.1, 0.15) is 20.8 Å². The van der Waals surface area contributed by atoms with Crippen LogP contribution in [0, 0.1) is 0 Å². The Bertz CT molecular complexity index is 910. The zero-order chi connectivity index (χ0) is 24.6. The van der Waals surface area contributed by atoms with E-state index in [-0.39, 0.29) is 11.6 Å². The third-order valence-electron chi connectivity index (χ3n) is 5.34. The summed E-state index contributed by atoms with van der Waals surface area (Å²) in [4.78, 5) is 35.6. The molecule has 3 amide bonds. The van der Waals surface area contributed by atoms with Crippen LogP contribution >= 0.6 is 0 Å². The van der Waals surface area contributed by atoms with Crippen molar-refractivity contribution in [3.63, 3.8) is 0 Å². The van der Waals surface area contributed by atoms with Crippen molar-refractivity contribution in [2.45, 2.75) is 37.9 Å². The molecule has 2 aromatic carbocycles. The maximum absolute atomic E-state index is 12.8. The van der Waals surface area contributed by atoms with Gasteiger partial charge in [0.25, 0.3) is 8.32 Å². The lowest BCUT2D eigenvalue weighted by atomic mass is 10.2. The first-order valence-corrected chi connectivity index (χ1v) is 12.4. The van der Waals surface area contributed by atoms with Crippen LogP contribution < -0.4 is 26.7 Å². The summed E-state index contributed by atoms with van der Waals surface area (Å²) in [5.74, 6) is -1.76. The highest BCUT2D eigenvalue weighted by Gasteiger charge is 2.50. The number of carbonyl (C=O) groups excluding carboxylic acids is 2. The maximum atomic E-state index is 12.8. The minimum absolute atomic E-state index is 0.289. The van der Waals surface area contributed by atoms with Crippen LogP contribution in [-0.2, 0) is 14.0 Å². The molecular formula is C23H31N3O6Si. The van der Waals surface area contributed by atoms with Crippen molar-refractivity contribution in [2.75, 3.05) is 13.2 Å². The van der Waals surface area contributed by atoms with E-state index in [9.17, 15) is 24.6 Å². The van der Waals surface area contributed by atoms with Crippen molar-refractivity contribution in [1.29, 1.82) is 0 Å². The summed E-state index contributed by atoms with van der Waals surface area (Å²) in [5.41, 5.74) is 5.17. The Hall–Kier alpha value is -3.21. The Kier molecular flexibility index (Phi) is 8.74. The first-order valence-electron chi connectivity index (χ1n) is 10.5. The van der Waals surface area contributed by atoms with Crippen molar-refractivity contribution in [3.8, 4) is 0 Å². The minimum atomic E-state index is -3.03. The number of primary amides is 1. The molecule has 33 heavy (non-hydrogen) atoms. The Morgan fingerprint density at radius 2 is 1.42 bits per heavy atom. The zero-order valence-electron chi connectivity index (χ0n) is 18.9. The van der Waals surface area contributed by atoms with Gasteiger partial charge in [0.15, 0.2) is 0 Å². The van der Waals surface area contributed by atoms with E-state index in [4.69, 9.17) is 10.2 Å². The molecule has 0 heterocycles. The Morgan fingerprint density at radius 1 is 0.939 bits per heavy atom. The second-order valence-corrected chi connectivity index (χ2v) is 12.9. The van der Waals surface area contributed by atoms with E-state index in [0.717, 1.165) is 10.4 Å². The molecule has 0 saturated heterocycles. The number of aliphatic hydroxyl groups is 1. The van der Waals surface area contributed by atoms with Gasteiger partial charge in [-0.15, -0.1) is 0 Å². The standard InChI is InChI=1S/C23H31N3O6Si/c1-23(2,3)33(16-10-6-4-7-11-16,17-12-8-5-9-13-17)32-15-19(26-22(30)31)21(29)25-18(14-27)20(24)28/h4-13,18-19,26-27H,14-15H2,1-3H3,(H2,24,28)(H,25,29)(H,30,31)/t18-,19-/m0/s1. The van der Waals surface area contributed by atoms with Crippen LogP contribution in [0.25, 0.3) is 0 Å². The average molecular weight is 474 g/mol. The lowest BCUT2D eigenvalue weighted by Gasteiger charge is -2.43. The monoisotopic (exact) mass is 473 g/mol. The maximum Gasteiger partial charge on any atom is 0.405 e. The Morgan fingerprint density at radius 3 is 1.79 bits per heavy atom. The number of hydrogen-bond acceptors (Lipinski definition) is 5. The van der Waals surface area contributed by atoms with Gasteiger partial charge in [-0.05, 0) is 15.4 Å². The summed E-state index contributed by atoms with van der Waals surface area (Å²) in [5, 5.41) is 24.5. The van der Waals surface area contributed by atoms with E-state index < -0.39 is 44.9 Å². The predicted molar refractivity (Wildman–Crippen MR) is 127 cm³/mol. The van der Waals surface area contributed by atoms with Gasteiger partial charge < -0.3 is 31.0 Å². The molecular weight excluding hydrogens is 442 g/mol. The third-order valence-corrected chi connectivity index (χ3v) is 10.3. The quantitative estimate of drug-likeness (QED) is 0.310. The molecule has 0 bridgehead atoms. The zero-order valence-corrected chi connectivity index (χ0v) is 19.9. The highest BCUT2D eigenvalue weighted by molar-refractivity contribution is 6.99. The van der Waals surface area contributed by atoms with Crippen molar-refractivity contribution in [3.05, 3.63) is 60.7 Å². The lowest BCUT2D eigenvalue weighted by molar-refractivity contribution is -0.129. The number of amides is 3. The number of benzene rings is 2. The van der Waals surface area contributed by atoms with Crippen molar-refractivity contribution < 1.29 is 29.0 Å². The summed E-state index contributed by atoms with van der Waals surface area (Å²) in [6.07, 6.45) is -1.43. The fourth-order valence-electron chi connectivity index (χ4n) is 3.78. The average Bonchev–Trinajstić information content (AvgIpc) is 2.77. The van der Waals surface area contributed by atoms with Gasteiger partial charge in [-0.25, -0.2) is 4.79 Å². The molecule has 9 nitrogen and oxygen atoms in total. The molecule has 0 aromatic heterocycles. The minimum Gasteiger partial charge on any atom is -0.465 e. The summed E-state index contributed by atoms with van der Waals surface area (Å²) in [7, 11) is -3.03. The predicted octanol–water partition coefficient (Wildman–Crippen LogP) is 0.162. The van der Waals surface area contributed by atoms with E-state index in [1.54, 1.807) is 0 Å². The first-order chi connectivity index (χ1) is 15.5. The molecule has 178 valence electrons. The second kappa shape index (κ2) is 11.1. The van der Waals surface area contributed by atoms with Crippen LogP contribution in [0.15, 0.2) is 60.7 Å². The molecule has 0 aliphatic carbocycles. The summed E-state index contributed by atoms with van der Waals surface area (Å²) >= 11 is 0. The molecule has 0 unspecified atom stereocenters. The van der Waals surface area contributed by atoms with Gasteiger partial charge in [-0.3, -0.25) is 9.59 Å². The molecule has 0 aliphatic rings. The van der Waals surface area contributed by atoms with Crippen molar-refractivity contribution in [1.82, 2.24) is 10.6 Å². The van der Waals surface area contributed by atoms with Gasteiger partial charge in [-0.2, -0.15) is 0 Å². The Labute approximate surface area is 194 Å². The topological polar surface area (TPSA) is 151 Å². The van der Waals surface area contributed by atoms with Crippen LogP contribution in [0.3, 0.4) is 0 Å². The third kappa shape index (κ3) is 6.19. The van der Waals surface area contributed by atoms with E-state index in [2.05, 4.69) is 10.6 Å². The fourth-order valence-corrected chi connectivity index (χ4v) is 8.35. The fraction of sp³-hybridized carbons (Fsp3) is 0.348. The number of carboxylic acid groups (broad SMARTS) is 1. The Balaban J connectivity index is 2.48. The molecule has 0 saturated carbocycles. The highest BCUT2D eigenvalue weighted by atomic mass is 28.4. The number of nitrogens with two attached hydrogens (primary N) is 1. The number of carbonyl (C=O) groups is 3. The molecule has 2 atom stereocenters. The lowest BCUT2D eigenvalue weighted by Crippen LogP contribution is -2.68. The van der Waals surface area contributed by atoms with E-state index in [0.29, 0.717) is 0 Å². The molecule has 0 aliphatic heterocycles. The molecule has 6 N–H and O–H groups in total. The van der Waals surface area contributed by atoms with Gasteiger partial charge in [0.2, 0.25) is 11.8 Å². The largest absolute Gasteiger partial charge is 0.465 e. The number of nitrogens with one attached hydrogen (secondary N) is 2. The van der Waals surface area contributed by atoms with E-state index in [1.807, 2.05) is 81.4 Å². The summed E-state index contributed by atoms with van der Waals surface area (Å²) in [6, 6.07) is 16.6. The molecule has 0 spiro atoms. The normalized spacial score (nSPS) is 13.6. The smallest absolute Gasteiger partial charge is 0.405 e. The van der Waals surface area contributed by atoms with Crippen molar-refractivity contribution >= 4 is 36.6 Å². The van der Waals surface area contributed by atoms with Crippen LogP contribution in [0.4, 0.5) is 4.79 Å². The molecule has 2 rings (SSSR count). The highest BCUT2D eigenvalue weighted by Crippen LogP contribution is 2.36. The van der Waals surface area contributed by atoms with Crippen LogP contribution in [0.5, 0.6) is 0 Å². The van der Waals surface area contributed by atoms with Gasteiger partial charge in [0.05, 0.1) is 13.2 Å². The summed E-state index contributed by atoms with van der Waals surface area (Å²) in [6.45, 7) is 5.15. The molecule has 0 radical (unpaired) electrons. The van der Waals surface area contributed by atoms with Crippen LogP contribution in [0.2, 0.25) is 5.04 Å². The number of hydrogen-bond donors (Lipinski definition) is 5. The van der Waals surface area contributed by atoms with E-state index in [1.165, 1.54) is 0 Å². The van der Waals surface area contributed by atoms with Gasteiger partial charge >= 0.3 is 6.09 Å². The van der Waals surface area contributed by atoms with Crippen molar-refractivity contribution in [2.24, 2.45) is 5.73 Å². The van der Waals surface area contributed by atoms with Gasteiger partial charge in [0.1, 0.15) is 12.1 Å². The molecule has 2 aromatic rings.